The number of halogens is 1. The summed E-state index contributed by atoms with van der Waals surface area (Å²) in [7, 11) is -3.98. The standard InChI is InChI=1S/C23H25FN2O3S/c1-15-12-16(2)14-26(13-15)23-22(30(27,28)19-10-8-18(24)9-11-19)25-21(29-23)20-7-5-4-6-17(20)3/h4-11,15-16H,12-14H2,1-3H3. The number of hydrogen-bond donors (Lipinski definition) is 0. The SMILES string of the molecule is Cc1ccccc1-c1nc(S(=O)(=O)c2ccc(F)cc2)c(N2CC(C)CC(C)C2)o1. The van der Waals surface area contributed by atoms with E-state index >= 15 is 0 Å². The van der Waals surface area contributed by atoms with Crippen molar-refractivity contribution in [2.24, 2.45) is 11.8 Å². The van der Waals surface area contributed by atoms with Crippen molar-refractivity contribution in [3.8, 4) is 11.5 Å². The van der Waals surface area contributed by atoms with Gasteiger partial charge in [-0.05, 0) is 61.1 Å². The van der Waals surface area contributed by atoms with Gasteiger partial charge in [-0.15, -0.1) is 0 Å². The number of benzene rings is 2. The molecule has 0 bridgehead atoms. The highest BCUT2D eigenvalue weighted by Gasteiger charge is 2.34. The normalized spacial score (nSPS) is 19.8. The number of nitrogens with zero attached hydrogens (tertiary/aromatic N) is 2. The van der Waals surface area contributed by atoms with Gasteiger partial charge in [-0.1, -0.05) is 32.0 Å². The molecule has 158 valence electrons. The first kappa shape index (κ1) is 20.6. The van der Waals surface area contributed by atoms with Crippen LogP contribution in [-0.4, -0.2) is 26.5 Å². The molecule has 0 saturated carbocycles. The number of sulfone groups is 1. The van der Waals surface area contributed by atoms with Gasteiger partial charge < -0.3 is 9.32 Å². The zero-order valence-electron chi connectivity index (χ0n) is 17.3. The monoisotopic (exact) mass is 428 g/mol. The van der Waals surface area contributed by atoms with Crippen LogP contribution in [0.2, 0.25) is 0 Å². The van der Waals surface area contributed by atoms with E-state index in [1.54, 1.807) is 0 Å². The Morgan fingerprint density at radius 3 is 2.30 bits per heavy atom. The van der Waals surface area contributed by atoms with Gasteiger partial charge in [0.15, 0.2) is 0 Å². The summed E-state index contributed by atoms with van der Waals surface area (Å²) in [6.45, 7) is 7.61. The van der Waals surface area contributed by atoms with Crippen molar-refractivity contribution >= 4 is 15.7 Å². The van der Waals surface area contributed by atoms with Gasteiger partial charge in [-0.2, -0.15) is 4.98 Å². The zero-order valence-corrected chi connectivity index (χ0v) is 18.1. The first-order valence-electron chi connectivity index (χ1n) is 10.1. The molecule has 7 heteroatoms. The van der Waals surface area contributed by atoms with Gasteiger partial charge in [0, 0.05) is 18.7 Å². The minimum Gasteiger partial charge on any atom is -0.419 e. The minimum atomic E-state index is -3.98. The summed E-state index contributed by atoms with van der Waals surface area (Å²) in [5.74, 6) is 0.850. The summed E-state index contributed by atoms with van der Waals surface area (Å²) in [4.78, 5) is 6.42. The van der Waals surface area contributed by atoms with Crippen LogP contribution in [0.4, 0.5) is 10.3 Å². The number of piperidine rings is 1. The zero-order chi connectivity index (χ0) is 21.5. The van der Waals surface area contributed by atoms with Gasteiger partial charge in [0.05, 0.1) is 4.90 Å². The van der Waals surface area contributed by atoms with E-state index in [2.05, 4.69) is 18.8 Å². The molecule has 1 aromatic heterocycles. The van der Waals surface area contributed by atoms with Gasteiger partial charge in [0.25, 0.3) is 0 Å². The van der Waals surface area contributed by atoms with E-state index in [1.165, 1.54) is 12.1 Å². The van der Waals surface area contributed by atoms with Crippen LogP contribution in [0, 0.1) is 24.6 Å². The Morgan fingerprint density at radius 1 is 1.03 bits per heavy atom. The first-order valence-corrected chi connectivity index (χ1v) is 11.6. The quantitative estimate of drug-likeness (QED) is 0.541. The second kappa shape index (κ2) is 7.87. The van der Waals surface area contributed by atoms with Crippen LogP contribution in [0.3, 0.4) is 0 Å². The number of aromatic nitrogens is 1. The summed E-state index contributed by atoms with van der Waals surface area (Å²) in [5, 5.41) is -0.117. The smallest absolute Gasteiger partial charge is 0.236 e. The van der Waals surface area contributed by atoms with Crippen LogP contribution in [-0.2, 0) is 9.84 Å². The fourth-order valence-corrected chi connectivity index (χ4v) is 5.48. The molecule has 0 spiro atoms. The van der Waals surface area contributed by atoms with Crippen LogP contribution in [0.15, 0.2) is 62.9 Å². The molecular weight excluding hydrogens is 403 g/mol. The molecular formula is C23H25FN2O3S. The van der Waals surface area contributed by atoms with Gasteiger partial charge in [-0.3, -0.25) is 0 Å². The topological polar surface area (TPSA) is 63.4 Å². The highest BCUT2D eigenvalue weighted by molar-refractivity contribution is 7.91. The maximum atomic E-state index is 13.4. The van der Waals surface area contributed by atoms with Crippen molar-refractivity contribution in [1.29, 1.82) is 0 Å². The van der Waals surface area contributed by atoms with Crippen molar-refractivity contribution in [2.75, 3.05) is 18.0 Å². The van der Waals surface area contributed by atoms with E-state index in [-0.39, 0.29) is 21.7 Å². The van der Waals surface area contributed by atoms with Crippen LogP contribution >= 0.6 is 0 Å². The van der Waals surface area contributed by atoms with Gasteiger partial charge in [0.1, 0.15) is 5.82 Å². The maximum Gasteiger partial charge on any atom is 0.236 e. The molecule has 0 radical (unpaired) electrons. The largest absolute Gasteiger partial charge is 0.419 e. The molecule has 2 aromatic carbocycles. The Kier molecular flexibility index (Phi) is 5.40. The number of oxazole rings is 1. The minimum absolute atomic E-state index is 0.00658. The third kappa shape index (κ3) is 3.86. The second-order valence-corrected chi connectivity index (χ2v) is 10.1. The predicted octanol–water partition coefficient (Wildman–Crippen LogP) is 5.10. The van der Waals surface area contributed by atoms with Gasteiger partial charge in [-0.25, -0.2) is 12.8 Å². The number of hydrogen-bond acceptors (Lipinski definition) is 5. The molecule has 5 nitrogen and oxygen atoms in total. The van der Waals surface area contributed by atoms with Crippen molar-refractivity contribution < 1.29 is 17.2 Å². The Labute approximate surface area is 176 Å². The Bertz CT molecular complexity index is 1150. The van der Waals surface area contributed by atoms with Gasteiger partial charge >= 0.3 is 0 Å². The summed E-state index contributed by atoms with van der Waals surface area (Å²) >= 11 is 0. The van der Waals surface area contributed by atoms with E-state index < -0.39 is 15.7 Å². The van der Waals surface area contributed by atoms with E-state index in [4.69, 9.17) is 4.42 Å². The highest BCUT2D eigenvalue weighted by atomic mass is 32.2. The molecule has 3 aromatic rings. The summed E-state index contributed by atoms with van der Waals surface area (Å²) in [6.07, 6.45) is 1.08. The molecule has 1 fully saturated rings. The highest BCUT2D eigenvalue weighted by Crippen LogP contribution is 2.38. The van der Waals surface area contributed by atoms with Crippen molar-refractivity contribution in [1.82, 2.24) is 4.98 Å². The maximum absolute atomic E-state index is 13.4. The average molecular weight is 429 g/mol. The lowest BCUT2D eigenvalue weighted by Gasteiger charge is -2.34. The molecule has 0 N–H and O–H groups in total. The number of aryl methyl sites for hydroxylation is 1. The molecule has 2 unspecified atom stereocenters. The molecule has 4 rings (SSSR count). The molecule has 0 amide bonds. The van der Waals surface area contributed by atoms with Crippen molar-refractivity contribution in [3.63, 3.8) is 0 Å². The molecule has 2 atom stereocenters. The third-order valence-corrected chi connectivity index (χ3v) is 7.16. The number of anilines is 1. The first-order chi connectivity index (χ1) is 14.3. The van der Waals surface area contributed by atoms with E-state index in [0.29, 0.717) is 24.9 Å². The number of rotatable bonds is 4. The molecule has 30 heavy (non-hydrogen) atoms. The predicted molar refractivity (Wildman–Crippen MR) is 114 cm³/mol. The summed E-state index contributed by atoms with van der Waals surface area (Å²) in [5.41, 5.74) is 1.69. The van der Waals surface area contributed by atoms with E-state index in [1.807, 2.05) is 36.1 Å². The molecule has 1 saturated heterocycles. The lowest BCUT2D eigenvalue weighted by Crippen LogP contribution is -2.39. The Hall–Kier alpha value is -2.67. The molecule has 2 heterocycles. The van der Waals surface area contributed by atoms with Crippen LogP contribution in [0.1, 0.15) is 25.8 Å². The van der Waals surface area contributed by atoms with Crippen molar-refractivity contribution in [3.05, 3.63) is 59.9 Å². The van der Waals surface area contributed by atoms with Gasteiger partial charge in [0.2, 0.25) is 26.6 Å². The Balaban J connectivity index is 1.87. The third-order valence-electron chi connectivity index (χ3n) is 5.49. The fraction of sp³-hybridized carbons (Fsp3) is 0.348. The van der Waals surface area contributed by atoms with Crippen LogP contribution in [0.25, 0.3) is 11.5 Å². The lowest BCUT2D eigenvalue weighted by molar-refractivity contribution is 0.342. The van der Waals surface area contributed by atoms with Crippen molar-refractivity contribution in [2.45, 2.75) is 37.1 Å². The second-order valence-electron chi connectivity index (χ2n) is 8.25. The van der Waals surface area contributed by atoms with E-state index in [0.717, 1.165) is 29.7 Å². The summed E-state index contributed by atoms with van der Waals surface area (Å²) < 4.78 is 46.3. The molecule has 1 aliphatic rings. The van der Waals surface area contributed by atoms with Crippen LogP contribution < -0.4 is 4.90 Å². The van der Waals surface area contributed by atoms with E-state index in [9.17, 15) is 12.8 Å². The van der Waals surface area contributed by atoms with Crippen LogP contribution in [0.5, 0.6) is 0 Å². The lowest BCUT2D eigenvalue weighted by atomic mass is 9.92. The molecule has 0 aliphatic carbocycles. The Morgan fingerprint density at radius 2 is 1.67 bits per heavy atom. The summed E-state index contributed by atoms with van der Waals surface area (Å²) in [6, 6.07) is 12.4. The fourth-order valence-electron chi connectivity index (χ4n) is 4.16. The average Bonchev–Trinajstić information content (AvgIpc) is 3.14. The molecule has 1 aliphatic heterocycles.